The van der Waals surface area contributed by atoms with Crippen LogP contribution in [0.1, 0.15) is 23.7 Å². The molecule has 0 saturated carbocycles. The van der Waals surface area contributed by atoms with Gasteiger partial charge >= 0.3 is 0 Å². The van der Waals surface area contributed by atoms with E-state index in [1.165, 1.54) is 0 Å². The average molecular weight is 276 g/mol. The number of carbonyl (C=O) groups is 1. The largest absolute Gasteiger partial charge is 0.396 e. The predicted molar refractivity (Wildman–Crippen MR) is 70.9 cm³/mol. The molecule has 1 unspecified atom stereocenters. The van der Waals surface area contributed by atoms with Crippen molar-refractivity contribution >= 4 is 34.7 Å². The van der Waals surface area contributed by atoms with Gasteiger partial charge in [0.25, 0.3) is 0 Å². The third kappa shape index (κ3) is 3.60. The van der Waals surface area contributed by atoms with E-state index in [-0.39, 0.29) is 11.7 Å². The quantitative estimate of drug-likeness (QED) is 0.662. The monoisotopic (exact) mass is 275 g/mol. The highest BCUT2D eigenvalue weighted by Crippen LogP contribution is 2.30. The zero-order valence-corrected chi connectivity index (χ0v) is 11.3. The van der Waals surface area contributed by atoms with Gasteiger partial charge in [0.1, 0.15) is 0 Å². The maximum atomic E-state index is 12.1. The van der Waals surface area contributed by atoms with Crippen molar-refractivity contribution in [3.63, 3.8) is 0 Å². The Balaban J connectivity index is 2.89. The van der Waals surface area contributed by atoms with Gasteiger partial charge in [-0.15, -0.1) is 0 Å². The van der Waals surface area contributed by atoms with Crippen LogP contribution in [0.15, 0.2) is 12.1 Å². The van der Waals surface area contributed by atoms with Crippen LogP contribution in [0.3, 0.4) is 0 Å². The molecule has 0 amide bonds. The molecule has 17 heavy (non-hydrogen) atoms. The van der Waals surface area contributed by atoms with Crippen LogP contribution in [0, 0.1) is 5.92 Å². The molecular formula is C12H15Cl2NO2. The summed E-state index contributed by atoms with van der Waals surface area (Å²) in [6, 6.07) is 3.10. The number of benzene rings is 1. The third-order valence-electron chi connectivity index (χ3n) is 2.57. The summed E-state index contributed by atoms with van der Waals surface area (Å²) in [5.74, 6) is -0.142. The van der Waals surface area contributed by atoms with Gasteiger partial charge in [-0.2, -0.15) is 0 Å². The predicted octanol–water partition coefficient (Wildman–Crippen LogP) is 3.43. The van der Waals surface area contributed by atoms with Gasteiger partial charge in [0.2, 0.25) is 0 Å². The van der Waals surface area contributed by atoms with Gasteiger partial charge in [0.15, 0.2) is 5.78 Å². The Hall–Kier alpha value is -0.770. The second-order valence-corrected chi connectivity index (χ2v) is 4.71. The molecule has 0 aliphatic carbocycles. The summed E-state index contributed by atoms with van der Waals surface area (Å²) < 4.78 is 4.94. The first-order valence-corrected chi connectivity index (χ1v) is 6.00. The van der Waals surface area contributed by atoms with E-state index in [1.54, 1.807) is 19.2 Å². The van der Waals surface area contributed by atoms with Gasteiger partial charge < -0.3 is 10.5 Å². The van der Waals surface area contributed by atoms with Crippen LogP contribution >= 0.6 is 23.2 Å². The molecular weight excluding hydrogens is 261 g/mol. The maximum Gasteiger partial charge on any atom is 0.165 e. The van der Waals surface area contributed by atoms with Crippen LogP contribution in [-0.4, -0.2) is 19.5 Å². The van der Waals surface area contributed by atoms with Crippen molar-refractivity contribution in [1.82, 2.24) is 0 Å². The highest BCUT2D eigenvalue weighted by atomic mass is 35.5. The van der Waals surface area contributed by atoms with Crippen molar-refractivity contribution in [1.29, 1.82) is 0 Å². The van der Waals surface area contributed by atoms with Gasteiger partial charge in [-0.1, -0.05) is 30.1 Å². The molecule has 94 valence electrons. The first-order valence-electron chi connectivity index (χ1n) is 5.25. The molecule has 0 saturated heterocycles. The molecule has 0 bridgehead atoms. The normalized spacial score (nSPS) is 12.5. The summed E-state index contributed by atoms with van der Waals surface area (Å²) in [5.41, 5.74) is 6.40. The topological polar surface area (TPSA) is 52.3 Å². The number of hydrogen-bond donors (Lipinski definition) is 1. The number of rotatable bonds is 5. The smallest absolute Gasteiger partial charge is 0.165 e. The minimum absolute atomic E-state index is 0.00847. The van der Waals surface area contributed by atoms with Gasteiger partial charge in [0.05, 0.1) is 15.7 Å². The van der Waals surface area contributed by atoms with E-state index in [0.717, 1.165) is 0 Å². The Bertz CT molecular complexity index is 398. The molecule has 0 spiro atoms. The molecule has 5 heteroatoms. The van der Waals surface area contributed by atoms with Crippen LogP contribution in [0.4, 0.5) is 5.69 Å². The Morgan fingerprint density at radius 1 is 1.41 bits per heavy atom. The first-order chi connectivity index (χ1) is 7.97. The summed E-state index contributed by atoms with van der Waals surface area (Å²) in [7, 11) is 1.61. The summed E-state index contributed by atoms with van der Waals surface area (Å²) >= 11 is 11.8. The van der Waals surface area contributed by atoms with Gasteiger partial charge in [0, 0.05) is 25.2 Å². The summed E-state index contributed by atoms with van der Waals surface area (Å²) in [4.78, 5) is 12.1. The molecule has 1 atom stereocenters. The average Bonchev–Trinajstić information content (AvgIpc) is 2.31. The number of halogens is 2. The van der Waals surface area contributed by atoms with E-state index in [1.807, 2.05) is 6.92 Å². The Kier molecular flexibility index (Phi) is 5.25. The SMILES string of the molecule is COCCC(C)C(=O)c1cc(Cl)c(N)c(Cl)c1. The lowest BCUT2D eigenvalue weighted by atomic mass is 9.96. The van der Waals surface area contributed by atoms with Crippen LogP contribution in [-0.2, 0) is 4.74 Å². The Morgan fingerprint density at radius 3 is 2.41 bits per heavy atom. The van der Waals surface area contributed by atoms with Gasteiger partial charge in [-0.3, -0.25) is 4.79 Å². The van der Waals surface area contributed by atoms with Crippen LogP contribution in [0.2, 0.25) is 10.0 Å². The van der Waals surface area contributed by atoms with Crippen molar-refractivity contribution in [2.24, 2.45) is 5.92 Å². The highest BCUT2D eigenvalue weighted by molar-refractivity contribution is 6.39. The van der Waals surface area contributed by atoms with Crippen molar-refractivity contribution < 1.29 is 9.53 Å². The number of Topliss-reactive ketones (excluding diaryl/α,β-unsaturated/α-hetero) is 1. The molecule has 1 aromatic rings. The summed E-state index contributed by atoms with van der Waals surface area (Å²) in [6.45, 7) is 2.39. The molecule has 0 fully saturated rings. The number of methoxy groups -OCH3 is 1. The molecule has 0 radical (unpaired) electrons. The molecule has 3 nitrogen and oxygen atoms in total. The lowest BCUT2D eigenvalue weighted by Gasteiger charge is -2.11. The van der Waals surface area contributed by atoms with E-state index in [9.17, 15) is 4.79 Å². The molecule has 2 N–H and O–H groups in total. The molecule has 0 aromatic heterocycles. The zero-order valence-electron chi connectivity index (χ0n) is 9.80. The minimum Gasteiger partial charge on any atom is -0.396 e. The number of carbonyl (C=O) groups excluding carboxylic acids is 1. The number of anilines is 1. The minimum atomic E-state index is -0.134. The Morgan fingerprint density at radius 2 is 1.94 bits per heavy atom. The number of hydrogen-bond acceptors (Lipinski definition) is 3. The van der Waals surface area contributed by atoms with Crippen LogP contribution < -0.4 is 5.73 Å². The van der Waals surface area contributed by atoms with E-state index in [0.29, 0.717) is 34.3 Å². The van der Waals surface area contributed by atoms with E-state index in [4.69, 9.17) is 33.7 Å². The second kappa shape index (κ2) is 6.24. The lowest BCUT2D eigenvalue weighted by Crippen LogP contribution is -2.13. The molecule has 1 aromatic carbocycles. The fraction of sp³-hybridized carbons (Fsp3) is 0.417. The fourth-order valence-corrected chi connectivity index (χ4v) is 1.92. The molecule has 0 aliphatic rings. The maximum absolute atomic E-state index is 12.1. The van der Waals surface area contributed by atoms with Gasteiger partial charge in [-0.05, 0) is 18.6 Å². The van der Waals surface area contributed by atoms with Gasteiger partial charge in [-0.25, -0.2) is 0 Å². The molecule has 0 heterocycles. The second-order valence-electron chi connectivity index (χ2n) is 3.90. The molecule has 1 rings (SSSR count). The van der Waals surface area contributed by atoms with E-state index in [2.05, 4.69) is 0 Å². The van der Waals surface area contributed by atoms with Crippen molar-refractivity contribution in [2.75, 3.05) is 19.5 Å². The first kappa shape index (κ1) is 14.3. The zero-order chi connectivity index (χ0) is 13.0. The van der Waals surface area contributed by atoms with Crippen LogP contribution in [0.5, 0.6) is 0 Å². The van der Waals surface area contributed by atoms with Crippen LogP contribution in [0.25, 0.3) is 0 Å². The van der Waals surface area contributed by atoms with Crippen molar-refractivity contribution in [2.45, 2.75) is 13.3 Å². The number of nitrogens with two attached hydrogens (primary N) is 1. The number of ketones is 1. The standard InChI is InChI=1S/C12H15Cl2NO2/c1-7(3-4-17-2)12(16)8-5-9(13)11(15)10(14)6-8/h5-7H,3-4,15H2,1-2H3. The summed E-state index contributed by atoms with van der Waals surface area (Å²) in [6.07, 6.45) is 0.662. The third-order valence-corrected chi connectivity index (χ3v) is 3.19. The van der Waals surface area contributed by atoms with E-state index < -0.39 is 0 Å². The lowest BCUT2D eigenvalue weighted by molar-refractivity contribution is 0.0894. The van der Waals surface area contributed by atoms with Crippen molar-refractivity contribution in [3.8, 4) is 0 Å². The number of ether oxygens (including phenoxy) is 1. The fourth-order valence-electron chi connectivity index (χ4n) is 1.44. The number of nitrogen functional groups attached to an aromatic ring is 1. The molecule has 0 aliphatic heterocycles. The van der Waals surface area contributed by atoms with Crippen molar-refractivity contribution in [3.05, 3.63) is 27.7 Å². The highest BCUT2D eigenvalue weighted by Gasteiger charge is 2.17. The Labute approximate surface area is 111 Å². The summed E-state index contributed by atoms with van der Waals surface area (Å²) in [5, 5.41) is 0.611. The van der Waals surface area contributed by atoms with E-state index >= 15 is 0 Å².